The van der Waals surface area contributed by atoms with Crippen LogP contribution in [0, 0.1) is 6.92 Å². The second kappa shape index (κ2) is 3.12. The summed E-state index contributed by atoms with van der Waals surface area (Å²) in [6.45, 7) is 1.79. The highest BCUT2D eigenvalue weighted by atomic mass is 35.5. The van der Waals surface area contributed by atoms with Crippen LogP contribution in [-0.4, -0.2) is 0 Å². The molecule has 0 spiro atoms. The first-order valence-electron chi connectivity index (χ1n) is 4.77. The fourth-order valence-electron chi connectivity index (χ4n) is 1.81. The van der Waals surface area contributed by atoms with Crippen LogP contribution in [0.4, 0.5) is 0 Å². The predicted octanol–water partition coefficient (Wildman–Crippen LogP) is 3.50. The quantitative estimate of drug-likeness (QED) is 0.559. The van der Waals surface area contributed by atoms with Crippen molar-refractivity contribution in [2.75, 3.05) is 0 Å². The Balaban J connectivity index is 2.65. The van der Waals surface area contributed by atoms with Crippen LogP contribution in [0.5, 0.6) is 0 Å². The zero-order chi connectivity index (χ0) is 11.3. The van der Waals surface area contributed by atoms with Crippen LogP contribution >= 0.6 is 11.6 Å². The monoisotopic (exact) mass is 234 g/mol. The van der Waals surface area contributed by atoms with E-state index < -0.39 is 5.63 Å². The van der Waals surface area contributed by atoms with Crippen LogP contribution in [0.15, 0.2) is 37.9 Å². The van der Waals surface area contributed by atoms with Gasteiger partial charge in [-0.2, -0.15) is 0 Å². The second-order valence-corrected chi connectivity index (χ2v) is 4.07. The Bertz CT molecular complexity index is 752. The van der Waals surface area contributed by atoms with E-state index in [4.69, 9.17) is 20.4 Å². The third-order valence-electron chi connectivity index (χ3n) is 2.48. The van der Waals surface area contributed by atoms with Gasteiger partial charge in [0.05, 0.1) is 0 Å². The van der Waals surface area contributed by atoms with Gasteiger partial charge in [0, 0.05) is 15.8 Å². The second-order valence-electron chi connectivity index (χ2n) is 3.63. The Morgan fingerprint density at radius 3 is 2.75 bits per heavy atom. The highest BCUT2D eigenvalue weighted by Crippen LogP contribution is 2.27. The largest absolute Gasteiger partial charge is 0.454 e. The molecule has 16 heavy (non-hydrogen) atoms. The third kappa shape index (κ3) is 1.25. The van der Waals surface area contributed by atoms with Crippen LogP contribution in [0.1, 0.15) is 5.76 Å². The average molecular weight is 235 g/mol. The molecule has 0 atom stereocenters. The van der Waals surface area contributed by atoms with Crippen molar-refractivity contribution in [1.29, 1.82) is 0 Å². The molecule has 0 saturated carbocycles. The summed E-state index contributed by atoms with van der Waals surface area (Å²) in [4.78, 5) is 11.6. The van der Waals surface area contributed by atoms with Crippen molar-refractivity contribution in [3.63, 3.8) is 0 Å². The first-order valence-corrected chi connectivity index (χ1v) is 5.15. The lowest BCUT2D eigenvalue weighted by Gasteiger charge is -1.97. The minimum atomic E-state index is -0.460. The Morgan fingerprint density at radius 1 is 1.12 bits per heavy atom. The van der Waals surface area contributed by atoms with Crippen LogP contribution in [0.3, 0.4) is 0 Å². The molecule has 2 aromatic heterocycles. The molecule has 0 aliphatic carbocycles. The molecule has 0 bridgehead atoms. The molecule has 0 fully saturated rings. The number of hydrogen-bond acceptors (Lipinski definition) is 3. The van der Waals surface area contributed by atoms with Crippen molar-refractivity contribution in [3.05, 3.63) is 45.5 Å². The van der Waals surface area contributed by atoms with Crippen LogP contribution in [0.25, 0.3) is 21.9 Å². The molecule has 0 saturated heterocycles. The third-order valence-corrected chi connectivity index (χ3v) is 2.71. The van der Waals surface area contributed by atoms with Crippen molar-refractivity contribution in [2.45, 2.75) is 6.92 Å². The maximum Gasteiger partial charge on any atom is 0.380 e. The lowest BCUT2D eigenvalue weighted by Crippen LogP contribution is -1.97. The van der Waals surface area contributed by atoms with Gasteiger partial charge in [-0.05, 0) is 31.2 Å². The van der Waals surface area contributed by atoms with Crippen molar-refractivity contribution in [2.24, 2.45) is 0 Å². The molecule has 0 aliphatic heterocycles. The molecule has 0 unspecified atom stereocenters. The summed E-state index contributed by atoms with van der Waals surface area (Å²) in [5.41, 5.74) is 0.299. The van der Waals surface area contributed by atoms with Crippen LogP contribution in [-0.2, 0) is 0 Å². The van der Waals surface area contributed by atoms with Gasteiger partial charge in [-0.25, -0.2) is 4.79 Å². The maximum atomic E-state index is 11.6. The van der Waals surface area contributed by atoms with Gasteiger partial charge in [0.25, 0.3) is 0 Å². The average Bonchev–Trinajstić information content (AvgIpc) is 2.62. The number of benzene rings is 1. The zero-order valence-electron chi connectivity index (χ0n) is 8.41. The molecule has 3 nitrogen and oxygen atoms in total. The van der Waals surface area contributed by atoms with E-state index in [1.807, 2.05) is 6.07 Å². The molecule has 0 amide bonds. The van der Waals surface area contributed by atoms with Gasteiger partial charge in [-0.3, -0.25) is 0 Å². The van der Waals surface area contributed by atoms with E-state index in [9.17, 15) is 4.79 Å². The lowest BCUT2D eigenvalue weighted by molar-refractivity contribution is 0.520. The van der Waals surface area contributed by atoms with Gasteiger partial charge in [-0.15, -0.1) is 0 Å². The van der Waals surface area contributed by atoms with E-state index in [2.05, 4.69) is 0 Å². The maximum absolute atomic E-state index is 11.6. The van der Waals surface area contributed by atoms with E-state index in [0.29, 0.717) is 16.4 Å². The Hall–Kier alpha value is -1.74. The SMILES string of the molecule is Cc1cc2c(o1)c(=O)oc1ccc(Cl)cc12. The van der Waals surface area contributed by atoms with Crippen LogP contribution in [0.2, 0.25) is 5.02 Å². The Morgan fingerprint density at radius 2 is 1.94 bits per heavy atom. The fraction of sp³-hybridized carbons (Fsp3) is 0.0833. The summed E-state index contributed by atoms with van der Waals surface area (Å²) in [5.74, 6) is 0.676. The standard InChI is InChI=1S/C12H7ClO3/c1-6-4-9-8-5-7(13)2-3-10(8)16-12(14)11(9)15-6/h2-5H,1H3. The zero-order valence-corrected chi connectivity index (χ0v) is 9.17. The summed E-state index contributed by atoms with van der Waals surface area (Å²) < 4.78 is 10.4. The molecule has 4 heteroatoms. The minimum Gasteiger partial charge on any atom is -0.454 e. The van der Waals surface area contributed by atoms with E-state index >= 15 is 0 Å². The van der Waals surface area contributed by atoms with E-state index in [1.54, 1.807) is 25.1 Å². The molecule has 0 radical (unpaired) electrons. The highest BCUT2D eigenvalue weighted by molar-refractivity contribution is 6.31. The van der Waals surface area contributed by atoms with Crippen molar-refractivity contribution >= 4 is 33.5 Å². The summed E-state index contributed by atoms with van der Waals surface area (Å²) in [6, 6.07) is 6.94. The lowest BCUT2D eigenvalue weighted by atomic mass is 10.1. The first kappa shape index (κ1) is 9.48. The van der Waals surface area contributed by atoms with E-state index in [0.717, 1.165) is 10.8 Å². The van der Waals surface area contributed by atoms with Gasteiger partial charge in [-0.1, -0.05) is 11.6 Å². The molecule has 0 N–H and O–H groups in total. The molecule has 3 aromatic rings. The number of rotatable bonds is 0. The van der Waals surface area contributed by atoms with Crippen molar-refractivity contribution in [1.82, 2.24) is 0 Å². The molecule has 0 aliphatic rings. The van der Waals surface area contributed by atoms with Crippen LogP contribution < -0.4 is 5.63 Å². The molecule has 80 valence electrons. The van der Waals surface area contributed by atoms with Crippen molar-refractivity contribution in [3.8, 4) is 0 Å². The highest BCUT2D eigenvalue weighted by Gasteiger charge is 2.11. The Kier molecular flexibility index (Phi) is 1.85. The van der Waals surface area contributed by atoms with Gasteiger partial charge in [0.1, 0.15) is 11.3 Å². The van der Waals surface area contributed by atoms with Gasteiger partial charge >= 0.3 is 5.63 Å². The predicted molar refractivity (Wildman–Crippen MR) is 62.0 cm³/mol. The molecule has 3 rings (SSSR count). The molecular weight excluding hydrogens is 228 g/mol. The number of fused-ring (bicyclic) bond motifs is 3. The normalized spacial score (nSPS) is 11.4. The number of hydrogen-bond donors (Lipinski definition) is 0. The summed E-state index contributed by atoms with van der Waals surface area (Å²) in [6.07, 6.45) is 0. The smallest absolute Gasteiger partial charge is 0.380 e. The van der Waals surface area contributed by atoms with E-state index in [-0.39, 0.29) is 5.58 Å². The van der Waals surface area contributed by atoms with Gasteiger partial charge in [0.2, 0.25) is 5.58 Å². The topological polar surface area (TPSA) is 43.4 Å². The minimum absolute atomic E-state index is 0.243. The Labute approximate surface area is 95.2 Å². The van der Waals surface area contributed by atoms with Gasteiger partial charge < -0.3 is 8.83 Å². The molecular formula is C12H7ClO3. The number of halogens is 1. The summed E-state index contributed by atoms with van der Waals surface area (Å²) >= 11 is 5.92. The van der Waals surface area contributed by atoms with Crippen molar-refractivity contribution < 1.29 is 8.83 Å². The summed E-state index contributed by atoms with van der Waals surface area (Å²) in [7, 11) is 0. The summed E-state index contributed by atoms with van der Waals surface area (Å²) in [5, 5.41) is 2.13. The van der Waals surface area contributed by atoms with Gasteiger partial charge in [0.15, 0.2) is 0 Å². The number of furan rings is 1. The molecule has 1 aromatic carbocycles. The number of aryl methyl sites for hydroxylation is 1. The first-order chi connectivity index (χ1) is 7.65. The fourth-order valence-corrected chi connectivity index (χ4v) is 1.99. The van der Waals surface area contributed by atoms with E-state index in [1.165, 1.54) is 0 Å². The molecule has 2 heterocycles.